The fraction of sp³-hybridized carbons (Fsp3) is 0.609. The van der Waals surface area contributed by atoms with E-state index in [-0.39, 0.29) is 5.60 Å². The second-order valence-corrected chi connectivity index (χ2v) is 8.81. The van der Waals surface area contributed by atoms with Gasteiger partial charge >= 0.3 is 0 Å². The molecule has 2 aliphatic rings. The van der Waals surface area contributed by atoms with Gasteiger partial charge in [0.1, 0.15) is 0 Å². The van der Waals surface area contributed by atoms with Gasteiger partial charge in [-0.25, -0.2) is 0 Å². The smallest absolute Gasteiger partial charge is 0.0685 e. The summed E-state index contributed by atoms with van der Waals surface area (Å²) >= 11 is 1.89. The molecule has 4 heteroatoms. The van der Waals surface area contributed by atoms with Crippen LogP contribution < -0.4 is 5.32 Å². The van der Waals surface area contributed by atoms with E-state index in [4.69, 9.17) is 4.74 Å². The first-order valence-electron chi connectivity index (χ1n) is 10.6. The highest BCUT2D eigenvalue weighted by Gasteiger charge is 2.39. The third-order valence-electron chi connectivity index (χ3n) is 5.91. The fourth-order valence-electron chi connectivity index (χ4n) is 4.40. The van der Waals surface area contributed by atoms with Crippen LogP contribution in [-0.2, 0) is 17.7 Å². The Morgan fingerprint density at radius 3 is 2.70 bits per heavy atom. The van der Waals surface area contributed by atoms with E-state index in [1.165, 1.54) is 55.4 Å². The van der Waals surface area contributed by atoms with Crippen molar-refractivity contribution in [3.05, 3.63) is 52.5 Å². The molecular weight excluding hydrogens is 352 g/mol. The van der Waals surface area contributed by atoms with Crippen LogP contribution in [0.2, 0.25) is 0 Å². The van der Waals surface area contributed by atoms with Gasteiger partial charge in [0.15, 0.2) is 0 Å². The average molecular weight is 387 g/mol. The highest BCUT2D eigenvalue weighted by atomic mass is 32.1. The van der Waals surface area contributed by atoms with Crippen LogP contribution in [0.25, 0.3) is 0 Å². The van der Waals surface area contributed by atoms with Crippen LogP contribution in [0.3, 0.4) is 0 Å². The van der Waals surface area contributed by atoms with Gasteiger partial charge in [-0.05, 0) is 80.1 Å². The second-order valence-electron chi connectivity index (χ2n) is 7.81. The largest absolute Gasteiger partial charge is 0.375 e. The summed E-state index contributed by atoms with van der Waals surface area (Å²) in [5.41, 5.74) is 1.80. The van der Waals surface area contributed by atoms with E-state index in [1.807, 2.05) is 29.5 Å². The molecule has 0 amide bonds. The Bertz CT molecular complexity index is 610. The molecule has 4 rings (SSSR count). The first-order chi connectivity index (χ1) is 13.3. The maximum atomic E-state index is 6.13. The third-order valence-corrected chi connectivity index (χ3v) is 6.87. The lowest BCUT2D eigenvalue weighted by atomic mass is 9.83. The topological polar surface area (TPSA) is 34.1 Å². The monoisotopic (exact) mass is 386 g/mol. The molecule has 1 aliphatic carbocycles. The molecule has 2 aromatic heterocycles. The summed E-state index contributed by atoms with van der Waals surface area (Å²) in [6.45, 7) is 5.45. The Hall–Kier alpha value is -1.23. The van der Waals surface area contributed by atoms with E-state index in [1.54, 1.807) is 12.4 Å². The zero-order valence-electron chi connectivity index (χ0n) is 16.7. The van der Waals surface area contributed by atoms with Gasteiger partial charge in [-0.3, -0.25) is 4.98 Å². The summed E-state index contributed by atoms with van der Waals surface area (Å²) in [7, 11) is 0. The van der Waals surface area contributed by atoms with Crippen molar-refractivity contribution in [2.75, 3.05) is 13.2 Å². The van der Waals surface area contributed by atoms with Gasteiger partial charge in [0.2, 0.25) is 0 Å². The molecule has 2 aromatic rings. The molecule has 148 valence electrons. The van der Waals surface area contributed by atoms with E-state index in [2.05, 4.69) is 28.7 Å². The Morgan fingerprint density at radius 1 is 1.22 bits per heavy atom. The van der Waals surface area contributed by atoms with Crippen molar-refractivity contribution in [1.82, 2.24) is 10.3 Å². The zero-order valence-corrected chi connectivity index (χ0v) is 17.5. The maximum absolute atomic E-state index is 6.13. The lowest BCUT2D eigenvalue weighted by Gasteiger charge is -2.38. The number of aromatic nitrogens is 1. The molecule has 0 bridgehead atoms. The molecule has 1 aliphatic heterocycles. The number of thiophene rings is 1. The number of rotatable bonds is 6. The molecule has 1 spiro atoms. The quantitative estimate of drug-likeness (QED) is 0.655. The van der Waals surface area contributed by atoms with Gasteiger partial charge in [0, 0.05) is 30.4 Å². The Kier molecular flexibility index (Phi) is 8.31. The van der Waals surface area contributed by atoms with Crippen LogP contribution in [-0.4, -0.2) is 23.7 Å². The van der Waals surface area contributed by atoms with Crippen molar-refractivity contribution < 1.29 is 4.74 Å². The van der Waals surface area contributed by atoms with Gasteiger partial charge < -0.3 is 10.1 Å². The molecule has 0 unspecified atom stereocenters. The van der Waals surface area contributed by atoms with Crippen molar-refractivity contribution in [3.8, 4) is 0 Å². The number of nitrogens with zero attached hydrogens (tertiary/aromatic N) is 1. The van der Waals surface area contributed by atoms with Crippen LogP contribution in [0, 0.1) is 5.92 Å². The van der Waals surface area contributed by atoms with E-state index in [0.717, 1.165) is 32.0 Å². The number of pyridine rings is 1. The first-order valence-corrected chi connectivity index (χ1v) is 11.4. The molecule has 1 N–H and O–H groups in total. The molecule has 3 nitrogen and oxygen atoms in total. The summed E-state index contributed by atoms with van der Waals surface area (Å²) in [5, 5.41) is 5.88. The van der Waals surface area contributed by atoms with Gasteiger partial charge in [-0.2, -0.15) is 0 Å². The Morgan fingerprint density at radius 2 is 2.04 bits per heavy atom. The summed E-state index contributed by atoms with van der Waals surface area (Å²) in [4.78, 5) is 5.31. The highest BCUT2D eigenvalue weighted by molar-refractivity contribution is 7.10. The van der Waals surface area contributed by atoms with E-state index in [9.17, 15) is 0 Å². The number of hydrogen-bond donors (Lipinski definition) is 1. The molecule has 1 atom stereocenters. The molecule has 27 heavy (non-hydrogen) atoms. The van der Waals surface area contributed by atoms with Crippen LogP contribution in [0.5, 0.6) is 0 Å². The average Bonchev–Trinajstić information content (AvgIpc) is 3.36. The maximum Gasteiger partial charge on any atom is 0.0685 e. The molecule has 0 radical (unpaired) electrons. The molecule has 3 heterocycles. The predicted molar refractivity (Wildman–Crippen MR) is 114 cm³/mol. The lowest BCUT2D eigenvalue weighted by Crippen LogP contribution is -2.38. The van der Waals surface area contributed by atoms with Gasteiger partial charge in [-0.15, -0.1) is 11.3 Å². The van der Waals surface area contributed by atoms with Crippen molar-refractivity contribution in [2.24, 2.45) is 5.92 Å². The van der Waals surface area contributed by atoms with Crippen LogP contribution in [0.15, 0.2) is 42.0 Å². The van der Waals surface area contributed by atoms with Gasteiger partial charge in [-0.1, -0.05) is 25.8 Å². The van der Waals surface area contributed by atoms with Crippen LogP contribution in [0.1, 0.15) is 62.3 Å². The molecular formula is C23H34N2OS. The van der Waals surface area contributed by atoms with E-state index >= 15 is 0 Å². The summed E-state index contributed by atoms with van der Waals surface area (Å²) < 4.78 is 6.13. The zero-order chi connectivity index (χ0) is 18.8. The summed E-state index contributed by atoms with van der Waals surface area (Å²) in [6, 6.07) is 7.98. The number of ether oxygens (including phenoxy) is 1. The Labute approximate surface area is 168 Å². The first kappa shape index (κ1) is 20.5. The molecule has 0 aromatic carbocycles. The molecule has 1 saturated heterocycles. The van der Waals surface area contributed by atoms with E-state index < -0.39 is 0 Å². The number of nitrogens with one attached hydrogen (secondary N) is 1. The minimum Gasteiger partial charge on any atom is -0.375 e. The van der Waals surface area contributed by atoms with Gasteiger partial charge in [0.25, 0.3) is 0 Å². The number of aryl methyl sites for hydroxylation is 1. The van der Waals surface area contributed by atoms with Crippen LogP contribution in [0.4, 0.5) is 0 Å². The molecule has 2 fully saturated rings. The third kappa shape index (κ3) is 6.41. The summed E-state index contributed by atoms with van der Waals surface area (Å²) in [5.74, 6) is 0.873. The van der Waals surface area contributed by atoms with Gasteiger partial charge in [0.05, 0.1) is 5.60 Å². The highest BCUT2D eigenvalue weighted by Crippen LogP contribution is 2.42. The second kappa shape index (κ2) is 10.9. The molecule has 1 saturated carbocycles. The SMILES string of the molecule is CCc1ccsc1CNCC[C@@H]1CCOC2(CCCC2)C1.c1ccncc1. The number of hydrogen-bond acceptors (Lipinski definition) is 4. The van der Waals surface area contributed by atoms with Crippen molar-refractivity contribution in [2.45, 2.75) is 70.4 Å². The van der Waals surface area contributed by atoms with Crippen LogP contribution >= 0.6 is 11.3 Å². The van der Waals surface area contributed by atoms with Crippen molar-refractivity contribution in [1.29, 1.82) is 0 Å². The van der Waals surface area contributed by atoms with Crippen molar-refractivity contribution >= 4 is 11.3 Å². The standard InChI is InChI=1S/C18H29NOS.C5H5N/c1-2-16-7-12-21-17(16)14-19-10-5-15-6-11-20-18(13-15)8-3-4-9-18;1-2-4-6-5-3-1/h7,12,15,19H,2-6,8-11,13-14H2,1H3;1-5H/t15-;/m1./s1. The minimum absolute atomic E-state index is 0.284. The normalized spacial score (nSPS) is 21.0. The lowest BCUT2D eigenvalue weighted by molar-refractivity contribution is -0.0934. The van der Waals surface area contributed by atoms with E-state index in [0.29, 0.717) is 0 Å². The summed E-state index contributed by atoms with van der Waals surface area (Å²) in [6.07, 6.45) is 13.9. The predicted octanol–water partition coefficient (Wildman–Crippen LogP) is 5.61. The minimum atomic E-state index is 0.284. The van der Waals surface area contributed by atoms with Crippen molar-refractivity contribution in [3.63, 3.8) is 0 Å². The fourth-order valence-corrected chi connectivity index (χ4v) is 5.35. The Balaban J connectivity index is 0.000000299.